The summed E-state index contributed by atoms with van der Waals surface area (Å²) in [4.78, 5) is 13.5. The third-order valence-corrected chi connectivity index (χ3v) is 3.42. The molecule has 0 unspecified atom stereocenters. The summed E-state index contributed by atoms with van der Waals surface area (Å²) in [5, 5.41) is 0. The van der Waals surface area contributed by atoms with E-state index in [4.69, 9.17) is 5.73 Å². The second kappa shape index (κ2) is 5.84. The van der Waals surface area contributed by atoms with Crippen LogP contribution < -0.4 is 5.73 Å². The van der Waals surface area contributed by atoms with E-state index in [-0.39, 0.29) is 24.9 Å². The molecule has 106 valence electrons. The van der Waals surface area contributed by atoms with Crippen molar-refractivity contribution in [3.05, 3.63) is 35.4 Å². The highest BCUT2D eigenvalue weighted by Gasteiger charge is 2.41. The van der Waals surface area contributed by atoms with Crippen LogP contribution in [-0.2, 0) is 11.3 Å². The van der Waals surface area contributed by atoms with Crippen LogP contribution in [-0.4, -0.2) is 23.4 Å². The van der Waals surface area contributed by atoms with Crippen LogP contribution in [0, 0.1) is 11.6 Å². The normalized spacial score (nSPS) is 16.2. The fourth-order valence-corrected chi connectivity index (χ4v) is 2.14. The Morgan fingerprint density at radius 3 is 2.47 bits per heavy atom. The Morgan fingerprint density at radius 2 is 2.00 bits per heavy atom. The van der Waals surface area contributed by atoms with E-state index in [1.165, 1.54) is 11.0 Å². The first-order chi connectivity index (χ1) is 8.42. The smallest absolute Gasteiger partial charge is 0.242 e. The Kier molecular flexibility index (Phi) is 4.87. The molecular weight excluding hydrogens is 274 g/mol. The molecule has 0 bridgehead atoms. The first-order valence-corrected chi connectivity index (χ1v) is 5.91. The van der Waals surface area contributed by atoms with Gasteiger partial charge in [0.2, 0.25) is 5.91 Å². The van der Waals surface area contributed by atoms with Crippen LogP contribution >= 0.6 is 12.4 Å². The van der Waals surface area contributed by atoms with Crippen molar-refractivity contribution in [3.8, 4) is 0 Å². The molecule has 1 fully saturated rings. The lowest BCUT2D eigenvalue weighted by Gasteiger charge is -2.39. The van der Waals surface area contributed by atoms with Gasteiger partial charge in [-0.15, -0.1) is 12.4 Å². The predicted molar refractivity (Wildman–Crippen MR) is 70.8 cm³/mol. The van der Waals surface area contributed by atoms with E-state index in [1.54, 1.807) is 7.05 Å². The van der Waals surface area contributed by atoms with Crippen LogP contribution in [0.5, 0.6) is 0 Å². The number of nitrogens with zero attached hydrogens (tertiary/aromatic N) is 1. The van der Waals surface area contributed by atoms with Crippen molar-refractivity contribution in [3.63, 3.8) is 0 Å². The molecule has 0 atom stereocenters. The number of hydrogen-bond acceptors (Lipinski definition) is 2. The minimum Gasteiger partial charge on any atom is -0.340 e. The first-order valence-electron chi connectivity index (χ1n) is 5.91. The summed E-state index contributed by atoms with van der Waals surface area (Å²) in [5.41, 5.74) is 5.72. The van der Waals surface area contributed by atoms with Crippen molar-refractivity contribution in [2.75, 3.05) is 7.05 Å². The van der Waals surface area contributed by atoms with Gasteiger partial charge in [-0.25, -0.2) is 8.78 Å². The van der Waals surface area contributed by atoms with Crippen LogP contribution in [0.2, 0.25) is 0 Å². The number of nitrogens with two attached hydrogens (primary N) is 1. The number of halogens is 3. The molecule has 1 aromatic carbocycles. The minimum atomic E-state index is -0.903. The molecule has 0 aromatic heterocycles. The predicted octanol–water partition coefficient (Wildman–Crippen LogP) is 2.23. The van der Waals surface area contributed by atoms with Gasteiger partial charge in [0.1, 0.15) is 0 Å². The van der Waals surface area contributed by atoms with Gasteiger partial charge in [0.15, 0.2) is 11.6 Å². The third-order valence-electron chi connectivity index (χ3n) is 3.42. The van der Waals surface area contributed by atoms with E-state index < -0.39 is 17.2 Å². The fraction of sp³-hybridized carbons (Fsp3) is 0.462. The number of rotatable bonds is 3. The van der Waals surface area contributed by atoms with Crippen LogP contribution in [0.3, 0.4) is 0 Å². The van der Waals surface area contributed by atoms with Crippen molar-refractivity contribution in [2.24, 2.45) is 5.73 Å². The lowest BCUT2D eigenvalue weighted by molar-refractivity contribution is -0.139. The average Bonchev–Trinajstić information content (AvgIpc) is 2.30. The second-order valence-electron chi connectivity index (χ2n) is 4.92. The van der Waals surface area contributed by atoms with Gasteiger partial charge in [0, 0.05) is 13.6 Å². The summed E-state index contributed by atoms with van der Waals surface area (Å²) >= 11 is 0. The van der Waals surface area contributed by atoms with Crippen LogP contribution in [0.4, 0.5) is 8.78 Å². The van der Waals surface area contributed by atoms with E-state index in [9.17, 15) is 13.6 Å². The van der Waals surface area contributed by atoms with Gasteiger partial charge in [0.05, 0.1) is 5.54 Å². The molecule has 1 aliphatic rings. The lowest BCUT2D eigenvalue weighted by atomic mass is 9.76. The van der Waals surface area contributed by atoms with E-state index in [0.717, 1.165) is 18.6 Å². The third kappa shape index (κ3) is 3.22. The molecule has 3 nitrogen and oxygen atoms in total. The molecule has 1 aliphatic carbocycles. The van der Waals surface area contributed by atoms with Gasteiger partial charge >= 0.3 is 0 Å². The van der Waals surface area contributed by atoms with Gasteiger partial charge in [-0.2, -0.15) is 0 Å². The zero-order valence-electron chi connectivity index (χ0n) is 10.7. The Morgan fingerprint density at radius 1 is 1.37 bits per heavy atom. The summed E-state index contributed by atoms with van der Waals surface area (Å²) in [6.45, 7) is 0.231. The highest BCUT2D eigenvalue weighted by molar-refractivity contribution is 5.86. The molecular formula is C13H17ClF2N2O. The molecule has 1 aromatic rings. The molecule has 0 aliphatic heterocycles. The van der Waals surface area contributed by atoms with E-state index in [2.05, 4.69) is 0 Å². The van der Waals surface area contributed by atoms with Crippen molar-refractivity contribution in [2.45, 2.75) is 31.3 Å². The maximum Gasteiger partial charge on any atom is 0.242 e. The largest absolute Gasteiger partial charge is 0.340 e. The highest BCUT2D eigenvalue weighted by atomic mass is 35.5. The lowest BCUT2D eigenvalue weighted by Crippen LogP contribution is -2.58. The zero-order chi connectivity index (χ0) is 13.3. The average molecular weight is 291 g/mol. The minimum absolute atomic E-state index is 0. The summed E-state index contributed by atoms with van der Waals surface area (Å²) in [5.74, 6) is -1.93. The van der Waals surface area contributed by atoms with Crippen molar-refractivity contribution < 1.29 is 13.6 Å². The SMILES string of the molecule is CN(Cc1ccc(F)c(F)c1)C(=O)C1(N)CCC1.Cl. The van der Waals surface area contributed by atoms with Crippen LogP contribution in [0.25, 0.3) is 0 Å². The Hall–Kier alpha value is -1.20. The van der Waals surface area contributed by atoms with Gasteiger partial charge < -0.3 is 10.6 Å². The molecule has 19 heavy (non-hydrogen) atoms. The zero-order valence-corrected chi connectivity index (χ0v) is 11.5. The standard InChI is InChI=1S/C13H16F2N2O.ClH/c1-17(12(18)13(16)5-2-6-13)8-9-3-4-10(14)11(15)7-9;/h3-4,7H,2,5-6,8,16H2,1H3;1H. The van der Waals surface area contributed by atoms with Gasteiger partial charge in [-0.1, -0.05) is 6.07 Å². The summed E-state index contributed by atoms with van der Waals surface area (Å²) in [7, 11) is 1.62. The summed E-state index contributed by atoms with van der Waals surface area (Å²) < 4.78 is 25.8. The Bertz CT molecular complexity index is 478. The quantitative estimate of drug-likeness (QED) is 0.928. The number of hydrogen-bond donors (Lipinski definition) is 1. The topological polar surface area (TPSA) is 46.3 Å². The molecule has 2 rings (SSSR count). The molecule has 2 N–H and O–H groups in total. The van der Waals surface area contributed by atoms with Gasteiger partial charge in [-0.05, 0) is 37.0 Å². The molecule has 0 radical (unpaired) electrons. The van der Waals surface area contributed by atoms with Crippen molar-refractivity contribution >= 4 is 18.3 Å². The Labute approximate surface area is 117 Å². The van der Waals surface area contributed by atoms with E-state index in [1.807, 2.05) is 0 Å². The number of likely N-dealkylation sites (N-methyl/N-ethyl adjacent to an activating group) is 1. The van der Waals surface area contributed by atoms with Crippen LogP contribution in [0.1, 0.15) is 24.8 Å². The maximum absolute atomic E-state index is 13.0. The molecule has 1 saturated carbocycles. The van der Waals surface area contributed by atoms with Gasteiger partial charge in [-0.3, -0.25) is 4.79 Å². The Balaban J connectivity index is 0.00000180. The molecule has 1 amide bonds. The first kappa shape index (κ1) is 15.9. The summed E-state index contributed by atoms with van der Waals surface area (Å²) in [6, 6.07) is 3.62. The molecule has 0 spiro atoms. The van der Waals surface area contributed by atoms with Gasteiger partial charge in [0.25, 0.3) is 0 Å². The molecule has 0 saturated heterocycles. The number of carbonyl (C=O) groups excluding carboxylic acids is 1. The van der Waals surface area contributed by atoms with Crippen molar-refractivity contribution in [1.29, 1.82) is 0 Å². The maximum atomic E-state index is 13.0. The monoisotopic (exact) mass is 290 g/mol. The molecule has 0 heterocycles. The highest BCUT2D eigenvalue weighted by Crippen LogP contribution is 2.31. The number of carbonyl (C=O) groups is 1. The second-order valence-corrected chi connectivity index (χ2v) is 4.92. The van der Waals surface area contributed by atoms with E-state index >= 15 is 0 Å². The van der Waals surface area contributed by atoms with E-state index in [0.29, 0.717) is 18.4 Å². The fourth-order valence-electron chi connectivity index (χ4n) is 2.14. The molecule has 6 heteroatoms. The number of benzene rings is 1. The van der Waals surface area contributed by atoms with Crippen molar-refractivity contribution in [1.82, 2.24) is 4.90 Å². The number of amides is 1. The summed E-state index contributed by atoms with van der Waals surface area (Å²) in [6.07, 6.45) is 2.34. The van der Waals surface area contributed by atoms with Crippen LogP contribution in [0.15, 0.2) is 18.2 Å².